The second-order valence-corrected chi connectivity index (χ2v) is 4.41. The molecule has 1 amide bonds. The molecule has 0 aliphatic rings. The minimum Gasteiger partial charge on any atom is -0.395 e. The lowest BCUT2D eigenvalue weighted by molar-refractivity contribution is 0.0766. The Bertz CT molecular complexity index is 580. The van der Waals surface area contributed by atoms with Crippen molar-refractivity contribution in [3.05, 3.63) is 41.9 Å². The van der Waals surface area contributed by atoms with Gasteiger partial charge in [0.1, 0.15) is 0 Å². The summed E-state index contributed by atoms with van der Waals surface area (Å²) in [6.07, 6.45) is 3.92. The highest BCUT2D eigenvalue weighted by atomic mass is 16.3. The number of pyridine rings is 1. The molecule has 2 aromatic rings. The Hall–Kier alpha value is -2.21. The van der Waals surface area contributed by atoms with Gasteiger partial charge in [-0.1, -0.05) is 13.0 Å². The number of carbonyl (C=O) groups excluding carboxylic acids is 1. The summed E-state index contributed by atoms with van der Waals surface area (Å²) in [4.78, 5) is 18.0. The molecule has 0 atom stereocenters. The van der Waals surface area contributed by atoms with Gasteiger partial charge in [-0.05, 0) is 18.6 Å². The maximum atomic E-state index is 12.3. The van der Waals surface area contributed by atoms with E-state index in [1.807, 2.05) is 25.1 Å². The number of likely N-dealkylation sites (N-methyl/N-ethyl adjacent to an activating group) is 1. The summed E-state index contributed by atoms with van der Waals surface area (Å²) in [5.74, 6) is 0.547. The van der Waals surface area contributed by atoms with Crippen molar-refractivity contribution in [2.45, 2.75) is 13.3 Å². The number of nitrogens with zero attached hydrogens (tertiary/aromatic N) is 4. The summed E-state index contributed by atoms with van der Waals surface area (Å²) < 4.78 is 1.68. The Labute approximate surface area is 117 Å². The predicted octanol–water partition coefficient (Wildman–Crippen LogP) is 0.894. The van der Waals surface area contributed by atoms with Crippen LogP contribution in [-0.4, -0.2) is 50.9 Å². The smallest absolute Gasteiger partial charge is 0.257 e. The van der Waals surface area contributed by atoms with Crippen molar-refractivity contribution in [3.8, 4) is 5.82 Å². The van der Waals surface area contributed by atoms with Crippen LogP contribution in [0.5, 0.6) is 0 Å². The van der Waals surface area contributed by atoms with Crippen molar-refractivity contribution in [1.82, 2.24) is 19.7 Å². The van der Waals surface area contributed by atoms with Crippen molar-refractivity contribution in [2.24, 2.45) is 0 Å². The lowest BCUT2D eigenvalue weighted by atomic mass is 10.2. The van der Waals surface area contributed by atoms with E-state index in [1.165, 1.54) is 4.90 Å². The summed E-state index contributed by atoms with van der Waals surface area (Å²) in [5, 5.41) is 13.2. The third-order valence-electron chi connectivity index (χ3n) is 3.08. The molecule has 2 rings (SSSR count). The quantitative estimate of drug-likeness (QED) is 0.879. The van der Waals surface area contributed by atoms with Gasteiger partial charge in [-0.15, -0.1) is 0 Å². The molecule has 0 aliphatic heterocycles. The van der Waals surface area contributed by atoms with E-state index in [2.05, 4.69) is 10.1 Å². The van der Waals surface area contributed by atoms with E-state index in [-0.39, 0.29) is 12.5 Å². The summed E-state index contributed by atoms with van der Waals surface area (Å²) in [7, 11) is 1.66. The highest BCUT2D eigenvalue weighted by molar-refractivity contribution is 5.95. The average Bonchev–Trinajstić information content (AvgIpc) is 2.91. The Kier molecular flexibility index (Phi) is 4.47. The second kappa shape index (κ2) is 6.29. The van der Waals surface area contributed by atoms with Crippen molar-refractivity contribution >= 4 is 5.91 Å². The van der Waals surface area contributed by atoms with Crippen molar-refractivity contribution in [2.75, 3.05) is 20.2 Å². The van der Waals surface area contributed by atoms with E-state index in [0.29, 0.717) is 24.3 Å². The second-order valence-electron chi connectivity index (χ2n) is 4.41. The average molecular weight is 274 g/mol. The lowest BCUT2D eigenvalue weighted by Crippen LogP contribution is -2.30. The summed E-state index contributed by atoms with van der Waals surface area (Å²) in [6, 6.07) is 5.56. The monoisotopic (exact) mass is 274 g/mol. The van der Waals surface area contributed by atoms with Crippen LogP contribution < -0.4 is 0 Å². The number of amides is 1. The normalized spacial score (nSPS) is 10.6. The molecular weight excluding hydrogens is 256 g/mol. The molecule has 0 radical (unpaired) electrons. The number of rotatable bonds is 5. The minimum absolute atomic E-state index is 0.0575. The molecule has 0 spiro atoms. The zero-order valence-electron chi connectivity index (χ0n) is 11.7. The van der Waals surface area contributed by atoms with Gasteiger partial charge >= 0.3 is 0 Å². The standard InChI is InChI=1S/C14H18N4O2/c1-3-12-11(14(20)17(2)8-9-19)10-16-18(12)13-6-4-5-7-15-13/h4-7,10,19H,3,8-9H2,1-2H3. The summed E-state index contributed by atoms with van der Waals surface area (Å²) in [6.45, 7) is 2.22. The molecule has 6 heteroatoms. The molecule has 1 N–H and O–H groups in total. The molecule has 106 valence electrons. The number of aromatic nitrogens is 3. The van der Waals surface area contributed by atoms with E-state index in [9.17, 15) is 4.79 Å². The van der Waals surface area contributed by atoms with E-state index >= 15 is 0 Å². The van der Waals surface area contributed by atoms with Crippen LogP contribution in [0.25, 0.3) is 5.82 Å². The van der Waals surface area contributed by atoms with E-state index in [0.717, 1.165) is 5.69 Å². The third kappa shape index (κ3) is 2.70. The molecule has 20 heavy (non-hydrogen) atoms. The third-order valence-corrected chi connectivity index (χ3v) is 3.08. The van der Waals surface area contributed by atoms with Gasteiger partial charge in [0.05, 0.1) is 24.1 Å². The lowest BCUT2D eigenvalue weighted by Gasteiger charge is -2.15. The molecule has 0 fully saturated rings. The largest absolute Gasteiger partial charge is 0.395 e. The first-order valence-corrected chi connectivity index (χ1v) is 6.53. The number of hydrogen-bond donors (Lipinski definition) is 1. The minimum atomic E-state index is -0.141. The van der Waals surface area contributed by atoms with Gasteiger partial charge < -0.3 is 10.0 Å². The fourth-order valence-electron chi connectivity index (χ4n) is 2.03. The Morgan fingerprint density at radius 2 is 2.25 bits per heavy atom. The van der Waals surface area contributed by atoms with Crippen LogP contribution in [0.4, 0.5) is 0 Å². The fraction of sp³-hybridized carbons (Fsp3) is 0.357. The van der Waals surface area contributed by atoms with Crippen LogP contribution in [0, 0.1) is 0 Å². The summed E-state index contributed by atoms with van der Waals surface area (Å²) >= 11 is 0. The van der Waals surface area contributed by atoms with Crippen LogP contribution in [-0.2, 0) is 6.42 Å². The maximum Gasteiger partial charge on any atom is 0.257 e. The molecule has 0 unspecified atom stereocenters. The van der Waals surface area contributed by atoms with Gasteiger partial charge in [0.25, 0.3) is 5.91 Å². The van der Waals surface area contributed by atoms with Crippen LogP contribution in [0.15, 0.2) is 30.6 Å². The van der Waals surface area contributed by atoms with Crippen molar-refractivity contribution in [1.29, 1.82) is 0 Å². The highest BCUT2D eigenvalue weighted by Crippen LogP contribution is 2.15. The first-order chi connectivity index (χ1) is 9.69. The number of hydrogen-bond acceptors (Lipinski definition) is 4. The molecule has 2 aromatic heterocycles. The van der Waals surface area contributed by atoms with Gasteiger partial charge in [-0.25, -0.2) is 9.67 Å². The first kappa shape index (κ1) is 14.2. The molecule has 6 nitrogen and oxygen atoms in total. The molecule has 0 aromatic carbocycles. The van der Waals surface area contributed by atoms with Gasteiger partial charge in [0.2, 0.25) is 0 Å². The predicted molar refractivity (Wildman–Crippen MR) is 74.8 cm³/mol. The van der Waals surface area contributed by atoms with Gasteiger partial charge in [0, 0.05) is 19.8 Å². The first-order valence-electron chi connectivity index (χ1n) is 6.53. The van der Waals surface area contributed by atoms with Gasteiger partial charge in [-0.3, -0.25) is 4.79 Å². The molecular formula is C14H18N4O2. The Balaban J connectivity index is 2.38. The zero-order chi connectivity index (χ0) is 14.5. The zero-order valence-corrected chi connectivity index (χ0v) is 11.7. The Morgan fingerprint density at radius 1 is 1.45 bits per heavy atom. The topological polar surface area (TPSA) is 71.2 Å². The molecule has 2 heterocycles. The van der Waals surface area contributed by atoms with Gasteiger partial charge in [-0.2, -0.15) is 5.10 Å². The van der Waals surface area contributed by atoms with Crippen LogP contribution in [0.2, 0.25) is 0 Å². The Morgan fingerprint density at radius 3 is 2.85 bits per heavy atom. The molecule has 0 bridgehead atoms. The number of aliphatic hydroxyl groups excluding tert-OH is 1. The van der Waals surface area contributed by atoms with Gasteiger partial charge in [0.15, 0.2) is 5.82 Å². The van der Waals surface area contributed by atoms with Crippen molar-refractivity contribution < 1.29 is 9.90 Å². The van der Waals surface area contributed by atoms with Crippen molar-refractivity contribution in [3.63, 3.8) is 0 Å². The van der Waals surface area contributed by atoms with E-state index < -0.39 is 0 Å². The SMILES string of the molecule is CCc1c(C(=O)N(C)CCO)cnn1-c1ccccn1. The fourth-order valence-corrected chi connectivity index (χ4v) is 2.03. The molecule has 0 aliphatic carbocycles. The maximum absolute atomic E-state index is 12.3. The van der Waals surface area contributed by atoms with E-state index in [4.69, 9.17) is 5.11 Å². The summed E-state index contributed by atoms with van der Waals surface area (Å²) in [5.41, 5.74) is 1.37. The highest BCUT2D eigenvalue weighted by Gasteiger charge is 2.20. The number of aliphatic hydroxyl groups is 1. The van der Waals surface area contributed by atoms with Crippen LogP contribution in [0.3, 0.4) is 0 Å². The molecule has 0 saturated heterocycles. The van der Waals surface area contributed by atoms with E-state index in [1.54, 1.807) is 24.1 Å². The van der Waals surface area contributed by atoms with Crippen LogP contribution >= 0.6 is 0 Å². The number of carbonyl (C=O) groups is 1. The van der Waals surface area contributed by atoms with Crippen LogP contribution in [0.1, 0.15) is 23.0 Å². The molecule has 0 saturated carbocycles.